The molecule has 1 atom stereocenters. The Morgan fingerprint density at radius 2 is 1.84 bits per heavy atom. The highest BCUT2D eigenvalue weighted by Crippen LogP contribution is 2.26. The maximum absolute atomic E-state index is 13.7. The Balaban J connectivity index is 2.10. The third kappa shape index (κ3) is 3.76. The summed E-state index contributed by atoms with van der Waals surface area (Å²) in [5, 5.41) is 0. The fourth-order valence-corrected chi connectivity index (χ4v) is 2.69. The number of hydrogen-bond acceptors (Lipinski definition) is 3. The van der Waals surface area contributed by atoms with E-state index in [1.165, 1.54) is 17.8 Å². The van der Waals surface area contributed by atoms with E-state index in [1.807, 2.05) is 30.3 Å². The summed E-state index contributed by atoms with van der Waals surface area (Å²) in [7, 11) is 0. The van der Waals surface area contributed by atoms with Crippen LogP contribution in [-0.4, -0.2) is 5.75 Å². The second-order valence-electron chi connectivity index (χ2n) is 4.01. The first-order valence-corrected chi connectivity index (χ1v) is 6.78. The van der Waals surface area contributed by atoms with E-state index in [2.05, 4.69) is 5.43 Å². The van der Waals surface area contributed by atoms with Gasteiger partial charge in [-0.05, 0) is 30.3 Å². The van der Waals surface area contributed by atoms with Crippen molar-refractivity contribution < 1.29 is 8.78 Å². The summed E-state index contributed by atoms with van der Waals surface area (Å²) >= 11 is 1.53. The number of halogens is 2. The molecule has 0 amide bonds. The van der Waals surface area contributed by atoms with E-state index >= 15 is 0 Å². The van der Waals surface area contributed by atoms with Crippen LogP contribution in [-0.2, 0) is 0 Å². The van der Waals surface area contributed by atoms with Crippen LogP contribution in [0.2, 0.25) is 0 Å². The van der Waals surface area contributed by atoms with Gasteiger partial charge in [0.1, 0.15) is 11.6 Å². The van der Waals surface area contributed by atoms with E-state index in [0.717, 1.165) is 17.0 Å². The quantitative estimate of drug-likeness (QED) is 0.501. The van der Waals surface area contributed by atoms with E-state index in [4.69, 9.17) is 5.84 Å². The van der Waals surface area contributed by atoms with Crippen molar-refractivity contribution in [3.05, 3.63) is 65.7 Å². The van der Waals surface area contributed by atoms with E-state index in [0.29, 0.717) is 5.75 Å². The lowest BCUT2D eigenvalue weighted by Gasteiger charge is -2.16. The highest BCUT2D eigenvalue weighted by Gasteiger charge is 2.15. The topological polar surface area (TPSA) is 38.0 Å². The molecule has 0 heterocycles. The number of thioether (sulfide) groups is 1. The van der Waals surface area contributed by atoms with Crippen LogP contribution in [0.1, 0.15) is 11.6 Å². The Bertz CT molecular complexity index is 534. The van der Waals surface area contributed by atoms with Crippen LogP contribution in [0.15, 0.2) is 53.4 Å². The maximum Gasteiger partial charge on any atom is 0.128 e. The smallest absolute Gasteiger partial charge is 0.128 e. The summed E-state index contributed by atoms with van der Waals surface area (Å²) in [5.41, 5.74) is 2.77. The van der Waals surface area contributed by atoms with Gasteiger partial charge in [0.25, 0.3) is 0 Å². The highest BCUT2D eigenvalue weighted by atomic mass is 32.2. The van der Waals surface area contributed by atoms with Gasteiger partial charge in [0.15, 0.2) is 0 Å². The number of nitrogens with one attached hydrogen (secondary N) is 1. The monoisotopic (exact) mass is 280 g/mol. The molecule has 2 aromatic carbocycles. The van der Waals surface area contributed by atoms with Gasteiger partial charge in [-0.15, -0.1) is 11.8 Å². The summed E-state index contributed by atoms with van der Waals surface area (Å²) < 4.78 is 26.8. The predicted octanol–water partition coefficient (Wildman–Crippen LogP) is 3.26. The first-order valence-electron chi connectivity index (χ1n) is 5.79. The van der Waals surface area contributed by atoms with E-state index in [9.17, 15) is 8.78 Å². The molecule has 3 N–H and O–H groups in total. The van der Waals surface area contributed by atoms with Crippen molar-refractivity contribution in [3.8, 4) is 0 Å². The maximum atomic E-state index is 13.7. The third-order valence-corrected chi connectivity index (χ3v) is 3.80. The zero-order valence-corrected chi connectivity index (χ0v) is 11.0. The normalized spacial score (nSPS) is 12.4. The van der Waals surface area contributed by atoms with Crippen LogP contribution in [0.3, 0.4) is 0 Å². The first-order chi connectivity index (χ1) is 9.20. The van der Waals surface area contributed by atoms with Crippen molar-refractivity contribution in [2.75, 3.05) is 5.75 Å². The van der Waals surface area contributed by atoms with Crippen LogP contribution in [0.25, 0.3) is 0 Å². The summed E-state index contributed by atoms with van der Waals surface area (Å²) in [6, 6.07) is 12.6. The molecule has 0 aliphatic rings. The standard InChI is InChI=1S/C14H14F2N2S/c15-10-6-7-13(16)12(8-10)14(18-17)9-19-11-4-2-1-3-5-11/h1-8,14,18H,9,17H2. The van der Waals surface area contributed by atoms with Crippen molar-refractivity contribution in [2.24, 2.45) is 5.84 Å². The molecule has 19 heavy (non-hydrogen) atoms. The summed E-state index contributed by atoms with van der Waals surface area (Å²) in [5.74, 6) is 5.02. The second-order valence-corrected chi connectivity index (χ2v) is 5.10. The molecule has 0 aliphatic heterocycles. The number of rotatable bonds is 5. The molecular weight excluding hydrogens is 266 g/mol. The molecule has 0 radical (unpaired) electrons. The molecule has 0 aromatic heterocycles. The summed E-state index contributed by atoms with van der Waals surface area (Å²) in [6.45, 7) is 0. The van der Waals surface area contributed by atoms with Gasteiger partial charge in [-0.3, -0.25) is 11.3 Å². The zero-order chi connectivity index (χ0) is 13.7. The molecule has 100 valence electrons. The fraction of sp³-hybridized carbons (Fsp3) is 0.143. The minimum Gasteiger partial charge on any atom is -0.271 e. The van der Waals surface area contributed by atoms with E-state index in [1.54, 1.807) is 0 Å². The molecule has 0 aliphatic carbocycles. The molecule has 0 saturated carbocycles. The van der Waals surface area contributed by atoms with Gasteiger partial charge in [0.2, 0.25) is 0 Å². The molecule has 0 saturated heterocycles. The molecule has 0 bridgehead atoms. The van der Waals surface area contributed by atoms with Crippen molar-refractivity contribution >= 4 is 11.8 Å². The lowest BCUT2D eigenvalue weighted by molar-refractivity contribution is 0.534. The Morgan fingerprint density at radius 3 is 2.53 bits per heavy atom. The molecule has 2 rings (SSSR count). The molecule has 2 aromatic rings. The number of benzene rings is 2. The van der Waals surface area contributed by atoms with Gasteiger partial charge in [0, 0.05) is 16.2 Å². The molecule has 1 unspecified atom stereocenters. The van der Waals surface area contributed by atoms with Gasteiger partial charge in [-0.2, -0.15) is 0 Å². The van der Waals surface area contributed by atoms with Crippen molar-refractivity contribution in [1.82, 2.24) is 5.43 Å². The minimum atomic E-state index is -0.471. The average Bonchev–Trinajstić information content (AvgIpc) is 2.44. The molecule has 2 nitrogen and oxygen atoms in total. The second kappa shape index (κ2) is 6.65. The zero-order valence-electron chi connectivity index (χ0n) is 10.1. The van der Waals surface area contributed by atoms with Gasteiger partial charge in [0.05, 0.1) is 6.04 Å². The molecule has 0 spiro atoms. The van der Waals surface area contributed by atoms with Crippen LogP contribution in [0, 0.1) is 11.6 Å². The third-order valence-electron chi connectivity index (χ3n) is 2.69. The Kier molecular flexibility index (Phi) is 4.90. The molecule has 5 heteroatoms. The lowest BCUT2D eigenvalue weighted by Crippen LogP contribution is -2.30. The molecule has 0 fully saturated rings. The largest absolute Gasteiger partial charge is 0.271 e. The SMILES string of the molecule is NNC(CSc1ccccc1)c1cc(F)ccc1F. The van der Waals surface area contributed by atoms with Crippen LogP contribution in [0.5, 0.6) is 0 Å². The number of nitrogens with two attached hydrogens (primary N) is 1. The summed E-state index contributed by atoms with van der Waals surface area (Å²) in [4.78, 5) is 1.06. The molecular formula is C14H14F2N2S. The average molecular weight is 280 g/mol. The Hall–Kier alpha value is -1.43. The van der Waals surface area contributed by atoms with Gasteiger partial charge >= 0.3 is 0 Å². The van der Waals surface area contributed by atoms with E-state index < -0.39 is 17.7 Å². The number of hydrazine groups is 1. The Morgan fingerprint density at radius 1 is 1.11 bits per heavy atom. The van der Waals surface area contributed by atoms with Gasteiger partial charge in [-0.25, -0.2) is 8.78 Å². The van der Waals surface area contributed by atoms with Crippen molar-refractivity contribution in [3.63, 3.8) is 0 Å². The lowest BCUT2D eigenvalue weighted by atomic mass is 10.1. The van der Waals surface area contributed by atoms with Crippen LogP contribution >= 0.6 is 11.8 Å². The highest BCUT2D eigenvalue weighted by molar-refractivity contribution is 7.99. The van der Waals surface area contributed by atoms with Gasteiger partial charge < -0.3 is 0 Å². The Labute approximate surface area is 115 Å². The fourth-order valence-electron chi connectivity index (χ4n) is 1.71. The van der Waals surface area contributed by atoms with E-state index in [-0.39, 0.29) is 5.56 Å². The summed E-state index contributed by atoms with van der Waals surface area (Å²) in [6.07, 6.45) is 0. The first kappa shape index (κ1) is 14.0. The van der Waals surface area contributed by atoms with Crippen LogP contribution < -0.4 is 11.3 Å². The van der Waals surface area contributed by atoms with Gasteiger partial charge in [-0.1, -0.05) is 18.2 Å². The van der Waals surface area contributed by atoms with Crippen LogP contribution in [0.4, 0.5) is 8.78 Å². The predicted molar refractivity (Wildman–Crippen MR) is 73.6 cm³/mol. The minimum absolute atomic E-state index is 0.242. The van der Waals surface area contributed by atoms with Crippen molar-refractivity contribution in [2.45, 2.75) is 10.9 Å². The van der Waals surface area contributed by atoms with Crippen molar-refractivity contribution in [1.29, 1.82) is 0 Å². The number of hydrogen-bond donors (Lipinski definition) is 2.